The number of rotatable bonds is 4. The average molecular weight is 265 g/mol. The first-order valence-electron chi connectivity index (χ1n) is 5.44. The molecule has 5 nitrogen and oxygen atoms in total. The lowest BCUT2D eigenvalue weighted by molar-refractivity contribution is -0.181. The van der Waals surface area contributed by atoms with E-state index in [4.69, 9.17) is 9.47 Å². The molecule has 1 saturated heterocycles. The van der Waals surface area contributed by atoms with E-state index in [0.29, 0.717) is 18.8 Å². The number of morpholine rings is 1. The van der Waals surface area contributed by atoms with Crippen molar-refractivity contribution in [2.75, 3.05) is 33.4 Å². The van der Waals surface area contributed by atoms with Crippen LogP contribution in [0.15, 0.2) is 12.2 Å². The van der Waals surface area contributed by atoms with Gasteiger partial charge in [0.05, 0.1) is 13.2 Å². The minimum Gasteiger partial charge on any atom is -0.442 e. The molecule has 0 bridgehead atoms. The van der Waals surface area contributed by atoms with E-state index in [0.717, 1.165) is 13.1 Å². The predicted molar refractivity (Wildman–Crippen MR) is 67.8 cm³/mol. The molecule has 0 N–H and O–H groups in total. The third-order valence-electron chi connectivity index (χ3n) is 2.59. The lowest BCUT2D eigenvalue weighted by atomic mass is 10.4. The van der Waals surface area contributed by atoms with Gasteiger partial charge in [-0.3, -0.25) is 0 Å². The van der Waals surface area contributed by atoms with Gasteiger partial charge >= 0.3 is 5.97 Å². The summed E-state index contributed by atoms with van der Waals surface area (Å²) in [5.74, 6) is -0.354. The van der Waals surface area contributed by atoms with E-state index in [-0.39, 0.29) is 24.6 Å². The fourth-order valence-electron chi connectivity index (χ4n) is 1.43. The maximum atomic E-state index is 11.3. The molecule has 0 radical (unpaired) electrons. The normalized spacial score (nSPS) is 18.4. The Morgan fingerprint density at radius 2 is 2.00 bits per heavy atom. The molecule has 17 heavy (non-hydrogen) atoms. The van der Waals surface area contributed by atoms with E-state index in [9.17, 15) is 4.79 Å². The summed E-state index contributed by atoms with van der Waals surface area (Å²) in [7, 11) is 1.90. The van der Waals surface area contributed by atoms with Gasteiger partial charge in [0, 0.05) is 25.7 Å². The average Bonchev–Trinajstić information content (AvgIpc) is 2.28. The van der Waals surface area contributed by atoms with Crippen molar-refractivity contribution in [3.63, 3.8) is 0 Å². The number of hydrogen-bond acceptors (Lipinski definition) is 5. The number of ether oxygens (including phenoxy) is 2. The highest BCUT2D eigenvalue weighted by atomic mass is 35.5. The zero-order chi connectivity index (χ0) is 12.1. The maximum Gasteiger partial charge on any atom is 0.334 e. The molecule has 1 aliphatic heterocycles. The van der Waals surface area contributed by atoms with E-state index < -0.39 is 0 Å². The summed E-state index contributed by atoms with van der Waals surface area (Å²) in [5.41, 5.74) is 0.419. The molecular weight excluding hydrogens is 244 g/mol. The fourth-order valence-corrected chi connectivity index (χ4v) is 1.43. The molecule has 1 rings (SSSR count). The summed E-state index contributed by atoms with van der Waals surface area (Å²) in [4.78, 5) is 11.3. The minimum atomic E-state index is -0.354. The molecule has 0 aromatic carbocycles. The van der Waals surface area contributed by atoms with Crippen molar-refractivity contribution < 1.29 is 14.3 Å². The van der Waals surface area contributed by atoms with Gasteiger partial charge in [0.2, 0.25) is 0 Å². The van der Waals surface area contributed by atoms with Crippen molar-refractivity contribution in [3.05, 3.63) is 12.2 Å². The zero-order valence-corrected chi connectivity index (χ0v) is 11.5. The predicted octanol–water partition coefficient (Wildman–Crippen LogP) is 1.05. The van der Waals surface area contributed by atoms with Gasteiger partial charge in [-0.15, -0.1) is 12.4 Å². The van der Waals surface area contributed by atoms with E-state index >= 15 is 0 Å². The van der Waals surface area contributed by atoms with E-state index in [1.165, 1.54) is 0 Å². The van der Waals surface area contributed by atoms with Gasteiger partial charge in [-0.25, -0.2) is 14.8 Å². The quantitative estimate of drug-likeness (QED) is 0.431. The highest BCUT2D eigenvalue weighted by Crippen LogP contribution is 2.08. The largest absolute Gasteiger partial charge is 0.442 e. The van der Waals surface area contributed by atoms with Crippen LogP contribution in [-0.2, 0) is 14.3 Å². The second kappa shape index (κ2) is 7.66. The Morgan fingerprint density at radius 1 is 1.47 bits per heavy atom. The Kier molecular flexibility index (Phi) is 7.38. The summed E-state index contributed by atoms with van der Waals surface area (Å²) < 4.78 is 10.5. The fraction of sp³-hybridized carbons (Fsp3) is 0.727. The van der Waals surface area contributed by atoms with Crippen LogP contribution in [-0.4, -0.2) is 55.6 Å². The van der Waals surface area contributed by atoms with Crippen LogP contribution >= 0.6 is 12.4 Å². The van der Waals surface area contributed by atoms with E-state index in [1.54, 1.807) is 6.92 Å². The third kappa shape index (κ3) is 5.04. The van der Waals surface area contributed by atoms with Gasteiger partial charge in [-0.05, 0) is 13.8 Å². The number of carbonyl (C=O) groups excluding carboxylic acids is 1. The van der Waals surface area contributed by atoms with E-state index in [1.807, 2.05) is 19.0 Å². The summed E-state index contributed by atoms with van der Waals surface area (Å²) >= 11 is 0. The van der Waals surface area contributed by atoms with Gasteiger partial charge in [-0.1, -0.05) is 6.58 Å². The Hall–Kier alpha value is -0.620. The lowest BCUT2D eigenvalue weighted by Crippen LogP contribution is -2.51. The summed E-state index contributed by atoms with van der Waals surface area (Å²) in [5, 5.41) is 4.03. The van der Waals surface area contributed by atoms with Crippen molar-refractivity contribution >= 4 is 18.4 Å². The number of carbonyl (C=O) groups is 1. The number of esters is 1. The van der Waals surface area contributed by atoms with Gasteiger partial charge < -0.3 is 9.47 Å². The summed E-state index contributed by atoms with van der Waals surface area (Å²) in [6, 6.07) is 0. The second-order valence-electron chi connectivity index (χ2n) is 3.92. The number of nitrogens with zero attached hydrogens (tertiary/aromatic N) is 2. The highest BCUT2D eigenvalue weighted by Gasteiger charge is 2.22. The Bertz CT molecular complexity index is 267. The van der Waals surface area contributed by atoms with Crippen molar-refractivity contribution in [2.24, 2.45) is 0 Å². The molecule has 0 aromatic rings. The van der Waals surface area contributed by atoms with Gasteiger partial charge in [0.25, 0.3) is 0 Å². The van der Waals surface area contributed by atoms with Crippen LogP contribution in [0.3, 0.4) is 0 Å². The summed E-state index contributed by atoms with van der Waals surface area (Å²) in [6.45, 7) is 10.1. The zero-order valence-electron chi connectivity index (χ0n) is 10.6. The highest BCUT2D eigenvalue weighted by molar-refractivity contribution is 5.87. The Balaban J connectivity index is 0.00000256. The molecule has 6 heteroatoms. The molecule has 0 aromatic heterocycles. The standard InChI is InChI=1S/C11H20N2O3.ClH/c1-9(2)11(14)16-10(3)12(4)13-5-7-15-8-6-13;/h10H,1,5-8H2,2-4H3;1H. The van der Waals surface area contributed by atoms with Gasteiger partial charge in [0.1, 0.15) is 0 Å². The van der Waals surface area contributed by atoms with Crippen LogP contribution in [0.25, 0.3) is 0 Å². The van der Waals surface area contributed by atoms with Crippen LogP contribution in [0.1, 0.15) is 13.8 Å². The first kappa shape index (κ1) is 16.4. The van der Waals surface area contributed by atoms with Crippen LogP contribution in [0.4, 0.5) is 0 Å². The second-order valence-corrected chi connectivity index (χ2v) is 3.92. The molecule has 100 valence electrons. The number of halogens is 1. The Morgan fingerprint density at radius 3 is 2.47 bits per heavy atom. The van der Waals surface area contributed by atoms with Crippen molar-refractivity contribution in [1.29, 1.82) is 0 Å². The molecule has 0 saturated carbocycles. The third-order valence-corrected chi connectivity index (χ3v) is 2.59. The first-order valence-corrected chi connectivity index (χ1v) is 5.44. The first-order chi connectivity index (χ1) is 7.52. The van der Waals surface area contributed by atoms with Crippen molar-refractivity contribution in [3.8, 4) is 0 Å². The molecule has 1 fully saturated rings. The molecule has 0 spiro atoms. The monoisotopic (exact) mass is 264 g/mol. The molecule has 1 heterocycles. The number of hydrogen-bond donors (Lipinski definition) is 0. The number of hydrazine groups is 1. The van der Waals surface area contributed by atoms with Crippen LogP contribution in [0, 0.1) is 0 Å². The smallest absolute Gasteiger partial charge is 0.334 e. The molecule has 0 aliphatic carbocycles. The molecule has 1 aliphatic rings. The topological polar surface area (TPSA) is 42.0 Å². The SMILES string of the molecule is C=C(C)C(=O)OC(C)N(C)N1CCOCC1.Cl. The summed E-state index contributed by atoms with van der Waals surface area (Å²) in [6.07, 6.45) is -0.290. The molecule has 1 atom stereocenters. The maximum absolute atomic E-state index is 11.3. The van der Waals surface area contributed by atoms with Gasteiger partial charge in [0.15, 0.2) is 6.23 Å². The van der Waals surface area contributed by atoms with Crippen molar-refractivity contribution in [1.82, 2.24) is 10.0 Å². The molecule has 1 unspecified atom stereocenters. The Labute approximate surface area is 109 Å². The van der Waals surface area contributed by atoms with Gasteiger partial charge in [-0.2, -0.15) is 0 Å². The van der Waals surface area contributed by atoms with Crippen LogP contribution in [0.2, 0.25) is 0 Å². The van der Waals surface area contributed by atoms with Crippen LogP contribution < -0.4 is 0 Å². The van der Waals surface area contributed by atoms with E-state index in [2.05, 4.69) is 11.6 Å². The molecular formula is C11H21ClN2O3. The minimum absolute atomic E-state index is 0. The van der Waals surface area contributed by atoms with Crippen molar-refractivity contribution in [2.45, 2.75) is 20.1 Å². The lowest BCUT2D eigenvalue weighted by Gasteiger charge is -2.37. The molecule has 0 amide bonds. The van der Waals surface area contributed by atoms with Crippen LogP contribution in [0.5, 0.6) is 0 Å².